The molecule has 3 aromatic rings. The van der Waals surface area contributed by atoms with Gasteiger partial charge in [-0.2, -0.15) is 10.1 Å². The van der Waals surface area contributed by atoms with E-state index in [4.69, 9.17) is 4.98 Å². The smallest absolute Gasteiger partial charge is 0.224 e. The third-order valence-electron chi connectivity index (χ3n) is 6.04. The summed E-state index contributed by atoms with van der Waals surface area (Å²) >= 11 is 0. The lowest BCUT2D eigenvalue weighted by Crippen LogP contribution is -2.54. The number of aromatic nitrogens is 4. The average molecular weight is 404 g/mol. The van der Waals surface area contributed by atoms with Crippen molar-refractivity contribution in [3.05, 3.63) is 54.4 Å². The topological polar surface area (TPSA) is 73.0 Å². The monoisotopic (exact) mass is 403 g/mol. The van der Waals surface area contributed by atoms with Crippen molar-refractivity contribution in [2.45, 2.75) is 38.3 Å². The van der Waals surface area contributed by atoms with Crippen LogP contribution in [0.5, 0.6) is 0 Å². The molecule has 2 aromatic heterocycles. The number of hydrogen-bond donors (Lipinski definition) is 2. The van der Waals surface area contributed by atoms with Gasteiger partial charge in [0.25, 0.3) is 0 Å². The molecule has 2 fully saturated rings. The first-order valence-electron chi connectivity index (χ1n) is 11.0. The van der Waals surface area contributed by atoms with Gasteiger partial charge in [-0.25, -0.2) is 4.98 Å². The molecule has 1 aromatic carbocycles. The number of anilines is 2. The summed E-state index contributed by atoms with van der Waals surface area (Å²) in [4.78, 5) is 14.1. The molecule has 0 spiro atoms. The Bertz CT molecular complexity index is 941. The summed E-state index contributed by atoms with van der Waals surface area (Å²) in [7, 11) is 0. The molecule has 7 nitrogen and oxygen atoms in total. The van der Waals surface area contributed by atoms with Crippen molar-refractivity contribution in [1.82, 2.24) is 25.1 Å². The van der Waals surface area contributed by atoms with E-state index in [1.807, 2.05) is 24.5 Å². The van der Waals surface area contributed by atoms with Gasteiger partial charge in [-0.3, -0.25) is 10.00 Å². The molecular formula is C23H29N7. The molecule has 0 radical (unpaired) electrons. The minimum atomic E-state index is 0.386. The molecule has 2 N–H and O–H groups in total. The van der Waals surface area contributed by atoms with Crippen molar-refractivity contribution >= 4 is 11.8 Å². The molecular weight excluding hydrogens is 374 g/mol. The summed E-state index contributed by atoms with van der Waals surface area (Å²) in [6, 6.07) is 12.8. The van der Waals surface area contributed by atoms with Gasteiger partial charge in [0, 0.05) is 44.5 Å². The van der Waals surface area contributed by atoms with Gasteiger partial charge >= 0.3 is 0 Å². The highest BCUT2D eigenvalue weighted by Crippen LogP contribution is 2.24. The van der Waals surface area contributed by atoms with Crippen LogP contribution in [-0.2, 0) is 6.54 Å². The fourth-order valence-electron chi connectivity index (χ4n) is 4.39. The van der Waals surface area contributed by atoms with Gasteiger partial charge in [0.2, 0.25) is 5.95 Å². The molecule has 0 unspecified atom stereocenters. The Kier molecular flexibility index (Phi) is 5.61. The maximum absolute atomic E-state index is 4.78. The lowest BCUT2D eigenvalue weighted by atomic mass is 10.0. The van der Waals surface area contributed by atoms with Crippen LogP contribution >= 0.6 is 0 Å². The molecule has 2 aliphatic heterocycles. The van der Waals surface area contributed by atoms with Gasteiger partial charge in [-0.1, -0.05) is 43.2 Å². The van der Waals surface area contributed by atoms with Crippen LogP contribution in [0.1, 0.15) is 31.2 Å². The van der Waals surface area contributed by atoms with Crippen molar-refractivity contribution in [3.8, 4) is 11.3 Å². The summed E-state index contributed by atoms with van der Waals surface area (Å²) < 4.78 is 0. The third-order valence-corrected chi connectivity index (χ3v) is 6.04. The van der Waals surface area contributed by atoms with Crippen LogP contribution in [0.2, 0.25) is 0 Å². The first-order valence-corrected chi connectivity index (χ1v) is 11.0. The van der Waals surface area contributed by atoms with Crippen molar-refractivity contribution in [2.75, 3.05) is 36.4 Å². The van der Waals surface area contributed by atoms with E-state index in [1.54, 1.807) is 0 Å². The highest BCUT2D eigenvalue weighted by Gasteiger charge is 2.28. The molecule has 0 atom stereocenters. The van der Waals surface area contributed by atoms with Gasteiger partial charge in [0.1, 0.15) is 5.82 Å². The van der Waals surface area contributed by atoms with E-state index in [0.29, 0.717) is 6.04 Å². The Hall–Kier alpha value is -2.93. The molecule has 2 aliphatic rings. The predicted octanol–water partition coefficient (Wildman–Crippen LogP) is 3.54. The second kappa shape index (κ2) is 8.83. The number of benzene rings is 1. The molecule has 0 amide bonds. The highest BCUT2D eigenvalue weighted by atomic mass is 15.3. The van der Waals surface area contributed by atoms with Crippen LogP contribution in [0.15, 0.2) is 48.8 Å². The van der Waals surface area contributed by atoms with Gasteiger partial charge in [-0.15, -0.1) is 0 Å². The zero-order valence-corrected chi connectivity index (χ0v) is 17.3. The molecule has 30 heavy (non-hydrogen) atoms. The molecule has 0 saturated carbocycles. The van der Waals surface area contributed by atoms with Crippen LogP contribution in [0.25, 0.3) is 11.3 Å². The van der Waals surface area contributed by atoms with E-state index in [-0.39, 0.29) is 0 Å². The standard InChI is InChI=1S/C23H29N7/c1-2-7-13-30(12-6-1)21-10-11-24-23(27-21)26-20-16-29(17-20)15-19-14-25-28-22(19)18-8-4-3-5-9-18/h3-5,8-11,14,20H,1-2,6-7,12-13,15-17H2,(H,25,28)(H,24,26,27). The van der Waals surface area contributed by atoms with E-state index >= 15 is 0 Å². The van der Waals surface area contributed by atoms with E-state index in [9.17, 15) is 0 Å². The number of rotatable bonds is 6. The lowest BCUT2D eigenvalue weighted by Gasteiger charge is -2.39. The molecule has 0 aliphatic carbocycles. The summed E-state index contributed by atoms with van der Waals surface area (Å²) in [5.41, 5.74) is 3.53. The minimum Gasteiger partial charge on any atom is -0.356 e. The maximum Gasteiger partial charge on any atom is 0.224 e. The average Bonchev–Trinajstić information content (AvgIpc) is 3.05. The van der Waals surface area contributed by atoms with Gasteiger partial charge in [-0.05, 0) is 24.5 Å². The van der Waals surface area contributed by atoms with Gasteiger partial charge in [0.15, 0.2) is 0 Å². The van der Waals surface area contributed by atoms with Crippen molar-refractivity contribution < 1.29 is 0 Å². The second-order valence-electron chi connectivity index (χ2n) is 8.31. The Morgan fingerprint density at radius 3 is 2.60 bits per heavy atom. The summed E-state index contributed by atoms with van der Waals surface area (Å²) in [5, 5.41) is 10.9. The van der Waals surface area contributed by atoms with E-state index < -0.39 is 0 Å². The van der Waals surface area contributed by atoms with Crippen LogP contribution in [0.3, 0.4) is 0 Å². The predicted molar refractivity (Wildman–Crippen MR) is 119 cm³/mol. The summed E-state index contributed by atoms with van der Waals surface area (Å²) in [5.74, 6) is 1.80. The Morgan fingerprint density at radius 2 is 1.80 bits per heavy atom. The van der Waals surface area contributed by atoms with Crippen molar-refractivity contribution in [1.29, 1.82) is 0 Å². The summed E-state index contributed by atoms with van der Waals surface area (Å²) in [6.07, 6.45) is 8.98. The normalized spacial score (nSPS) is 18.1. The third kappa shape index (κ3) is 4.31. The Labute approximate surface area is 177 Å². The molecule has 4 heterocycles. The quantitative estimate of drug-likeness (QED) is 0.656. The number of aromatic amines is 1. The summed E-state index contributed by atoms with van der Waals surface area (Å²) in [6.45, 7) is 5.06. The first kappa shape index (κ1) is 19.1. The number of nitrogens with one attached hydrogen (secondary N) is 2. The highest BCUT2D eigenvalue weighted by molar-refractivity contribution is 5.62. The molecule has 7 heteroatoms. The molecule has 156 valence electrons. The number of likely N-dealkylation sites (tertiary alicyclic amines) is 1. The fraction of sp³-hybridized carbons (Fsp3) is 0.435. The minimum absolute atomic E-state index is 0.386. The number of H-pyrrole nitrogens is 1. The number of nitrogens with zero attached hydrogens (tertiary/aromatic N) is 5. The van der Waals surface area contributed by atoms with Crippen LogP contribution < -0.4 is 10.2 Å². The Balaban J connectivity index is 1.16. The first-order chi connectivity index (χ1) is 14.8. The van der Waals surface area contributed by atoms with E-state index in [0.717, 1.165) is 50.2 Å². The zero-order valence-electron chi connectivity index (χ0n) is 17.3. The second-order valence-corrected chi connectivity index (χ2v) is 8.31. The van der Waals surface area contributed by atoms with E-state index in [1.165, 1.54) is 36.8 Å². The van der Waals surface area contributed by atoms with Gasteiger partial charge in [0.05, 0.1) is 17.9 Å². The van der Waals surface area contributed by atoms with Crippen LogP contribution in [0.4, 0.5) is 11.8 Å². The van der Waals surface area contributed by atoms with Crippen LogP contribution in [-0.4, -0.2) is 57.3 Å². The molecule has 0 bridgehead atoms. The SMILES string of the molecule is c1ccc(-c2[nH]ncc2CN2CC(Nc3nccc(N4CCCCCC4)n3)C2)cc1. The molecule has 5 rings (SSSR count). The largest absolute Gasteiger partial charge is 0.356 e. The van der Waals surface area contributed by atoms with Crippen molar-refractivity contribution in [3.63, 3.8) is 0 Å². The molecule has 2 saturated heterocycles. The fourth-order valence-corrected chi connectivity index (χ4v) is 4.39. The Morgan fingerprint density at radius 1 is 1.00 bits per heavy atom. The van der Waals surface area contributed by atoms with Crippen molar-refractivity contribution in [2.24, 2.45) is 0 Å². The number of hydrogen-bond acceptors (Lipinski definition) is 6. The maximum atomic E-state index is 4.78. The lowest BCUT2D eigenvalue weighted by molar-refractivity contribution is 0.153. The van der Waals surface area contributed by atoms with Crippen LogP contribution in [0, 0.1) is 0 Å². The zero-order chi connectivity index (χ0) is 20.2. The van der Waals surface area contributed by atoms with E-state index in [2.05, 4.69) is 54.6 Å². The van der Waals surface area contributed by atoms with Gasteiger partial charge < -0.3 is 10.2 Å².